The first-order chi connectivity index (χ1) is 13.5. The van der Waals surface area contributed by atoms with Crippen molar-refractivity contribution >= 4 is 29.9 Å². The zero-order valence-electron chi connectivity index (χ0n) is 18.6. The lowest BCUT2D eigenvalue weighted by Crippen LogP contribution is -2.46. The summed E-state index contributed by atoms with van der Waals surface area (Å²) in [5.74, 6) is 0.875. The highest BCUT2D eigenvalue weighted by Crippen LogP contribution is 2.09. The average molecular weight is 518 g/mol. The molecule has 0 aromatic heterocycles. The van der Waals surface area contributed by atoms with E-state index in [1.807, 2.05) is 0 Å². The standard InChI is InChI=1S/C22H39N5O.HI/c1-5-23-21(25-19-22(2,3)28-4)24-12-9-13-26-14-16-27(17-15-26)18-20-10-7-6-8-11-20;/h6-8,10-11H,5,9,12-19H2,1-4H3,(H2,23,24,25);1H. The first-order valence-corrected chi connectivity index (χ1v) is 10.6. The molecule has 1 aromatic rings. The molecule has 1 saturated heterocycles. The van der Waals surface area contributed by atoms with Crippen molar-refractivity contribution in [1.29, 1.82) is 0 Å². The fourth-order valence-corrected chi connectivity index (χ4v) is 3.20. The Balaban J connectivity index is 0.00000420. The highest BCUT2D eigenvalue weighted by Gasteiger charge is 2.17. The minimum Gasteiger partial charge on any atom is -0.377 e. The Hall–Kier alpha value is -0.900. The minimum absolute atomic E-state index is 0. The van der Waals surface area contributed by atoms with Gasteiger partial charge in [-0.05, 0) is 39.3 Å². The number of guanidine groups is 1. The van der Waals surface area contributed by atoms with Gasteiger partial charge in [-0.1, -0.05) is 30.3 Å². The number of halogens is 1. The number of nitrogens with zero attached hydrogens (tertiary/aromatic N) is 3. The van der Waals surface area contributed by atoms with E-state index in [4.69, 9.17) is 4.74 Å². The number of benzene rings is 1. The van der Waals surface area contributed by atoms with Gasteiger partial charge < -0.3 is 20.3 Å². The van der Waals surface area contributed by atoms with Crippen molar-refractivity contribution in [2.24, 2.45) is 4.99 Å². The number of hydrogen-bond donors (Lipinski definition) is 2. The van der Waals surface area contributed by atoms with E-state index in [9.17, 15) is 0 Å². The Morgan fingerprint density at radius 2 is 1.72 bits per heavy atom. The zero-order valence-corrected chi connectivity index (χ0v) is 20.9. The number of methoxy groups -OCH3 is 1. The monoisotopic (exact) mass is 517 g/mol. The van der Waals surface area contributed by atoms with Gasteiger partial charge in [0.25, 0.3) is 0 Å². The molecule has 0 bridgehead atoms. The maximum atomic E-state index is 5.44. The van der Waals surface area contributed by atoms with Gasteiger partial charge in [-0.3, -0.25) is 9.89 Å². The second kappa shape index (κ2) is 14.2. The molecule has 0 spiro atoms. The van der Waals surface area contributed by atoms with E-state index in [1.165, 1.54) is 5.56 Å². The van der Waals surface area contributed by atoms with E-state index >= 15 is 0 Å². The average Bonchev–Trinajstić information content (AvgIpc) is 2.71. The summed E-state index contributed by atoms with van der Waals surface area (Å²) in [7, 11) is 1.73. The van der Waals surface area contributed by atoms with Crippen LogP contribution in [-0.4, -0.2) is 80.8 Å². The third kappa shape index (κ3) is 10.6. The van der Waals surface area contributed by atoms with Crippen LogP contribution in [-0.2, 0) is 11.3 Å². The molecule has 0 amide bonds. The smallest absolute Gasteiger partial charge is 0.191 e. The number of aliphatic imine (C=N–C) groups is 1. The van der Waals surface area contributed by atoms with E-state index in [0.29, 0.717) is 6.54 Å². The Morgan fingerprint density at radius 1 is 1.07 bits per heavy atom. The second-order valence-corrected chi connectivity index (χ2v) is 8.04. The first-order valence-electron chi connectivity index (χ1n) is 10.6. The number of ether oxygens (including phenoxy) is 1. The molecule has 0 radical (unpaired) electrons. The third-order valence-corrected chi connectivity index (χ3v) is 5.17. The molecule has 2 N–H and O–H groups in total. The van der Waals surface area contributed by atoms with Crippen LogP contribution in [0.5, 0.6) is 0 Å². The fraction of sp³-hybridized carbons (Fsp3) is 0.682. The van der Waals surface area contributed by atoms with Gasteiger partial charge in [0.15, 0.2) is 5.96 Å². The Bertz CT molecular complexity index is 574. The summed E-state index contributed by atoms with van der Waals surface area (Å²) in [6, 6.07) is 10.8. The summed E-state index contributed by atoms with van der Waals surface area (Å²) in [6.07, 6.45) is 1.12. The van der Waals surface area contributed by atoms with Gasteiger partial charge in [0, 0.05) is 52.9 Å². The van der Waals surface area contributed by atoms with Crippen LogP contribution in [0.25, 0.3) is 0 Å². The lowest BCUT2D eigenvalue weighted by atomic mass is 10.1. The normalized spacial score (nSPS) is 16.3. The molecule has 1 aromatic carbocycles. The predicted molar refractivity (Wildman–Crippen MR) is 133 cm³/mol. The summed E-state index contributed by atoms with van der Waals surface area (Å²) in [5.41, 5.74) is 1.17. The maximum Gasteiger partial charge on any atom is 0.191 e. The second-order valence-electron chi connectivity index (χ2n) is 8.04. The lowest BCUT2D eigenvalue weighted by Gasteiger charge is -2.34. The molecule has 1 fully saturated rings. The molecule has 0 unspecified atom stereocenters. The first kappa shape index (κ1) is 26.1. The molecule has 0 aliphatic carbocycles. The molecule has 1 heterocycles. The quantitative estimate of drug-likeness (QED) is 0.217. The Kier molecular flexibility index (Phi) is 12.8. The van der Waals surface area contributed by atoms with Gasteiger partial charge in [0.1, 0.15) is 0 Å². The summed E-state index contributed by atoms with van der Waals surface area (Å²) in [4.78, 5) is 9.76. The minimum atomic E-state index is -0.234. The van der Waals surface area contributed by atoms with Crippen molar-refractivity contribution in [3.8, 4) is 0 Å². The van der Waals surface area contributed by atoms with Crippen molar-refractivity contribution in [1.82, 2.24) is 20.4 Å². The number of rotatable bonds is 10. The molecular formula is C22H40IN5O. The van der Waals surface area contributed by atoms with E-state index in [1.54, 1.807) is 7.11 Å². The molecule has 166 valence electrons. The van der Waals surface area contributed by atoms with Crippen LogP contribution in [0.4, 0.5) is 0 Å². The summed E-state index contributed by atoms with van der Waals surface area (Å²) >= 11 is 0. The largest absolute Gasteiger partial charge is 0.377 e. The third-order valence-electron chi connectivity index (χ3n) is 5.17. The van der Waals surface area contributed by atoms with Crippen molar-refractivity contribution in [3.63, 3.8) is 0 Å². The van der Waals surface area contributed by atoms with Gasteiger partial charge >= 0.3 is 0 Å². The number of piperazine rings is 1. The van der Waals surface area contributed by atoms with Gasteiger partial charge in [-0.25, -0.2) is 0 Å². The topological polar surface area (TPSA) is 52.1 Å². The van der Waals surface area contributed by atoms with Gasteiger partial charge in [0.2, 0.25) is 0 Å². The van der Waals surface area contributed by atoms with Gasteiger partial charge in [-0.2, -0.15) is 0 Å². The highest BCUT2D eigenvalue weighted by molar-refractivity contribution is 14.0. The SMILES string of the molecule is CCNC(=NCC(C)(C)OC)NCCCN1CCN(Cc2ccccc2)CC1.I. The molecular weight excluding hydrogens is 477 g/mol. The fourth-order valence-electron chi connectivity index (χ4n) is 3.20. The van der Waals surface area contributed by atoms with Crippen LogP contribution in [0.3, 0.4) is 0 Å². The molecule has 6 nitrogen and oxygen atoms in total. The van der Waals surface area contributed by atoms with Crippen LogP contribution in [0.15, 0.2) is 35.3 Å². The van der Waals surface area contributed by atoms with E-state index in [0.717, 1.165) is 64.7 Å². The van der Waals surface area contributed by atoms with Crippen molar-refractivity contribution in [2.45, 2.75) is 39.3 Å². The summed E-state index contributed by atoms with van der Waals surface area (Å²) in [6.45, 7) is 15.5. The van der Waals surface area contributed by atoms with Gasteiger partial charge in [-0.15, -0.1) is 24.0 Å². The molecule has 1 aliphatic rings. The summed E-state index contributed by atoms with van der Waals surface area (Å²) < 4.78 is 5.44. The molecule has 2 rings (SSSR count). The maximum absolute atomic E-state index is 5.44. The predicted octanol–water partition coefficient (Wildman–Crippen LogP) is 2.79. The summed E-state index contributed by atoms with van der Waals surface area (Å²) in [5, 5.41) is 6.75. The van der Waals surface area contributed by atoms with E-state index < -0.39 is 0 Å². The van der Waals surface area contributed by atoms with Crippen molar-refractivity contribution < 1.29 is 4.74 Å². The van der Waals surface area contributed by atoms with E-state index in [-0.39, 0.29) is 29.6 Å². The van der Waals surface area contributed by atoms with Crippen LogP contribution in [0, 0.1) is 0 Å². The molecule has 1 aliphatic heterocycles. The molecule has 0 atom stereocenters. The van der Waals surface area contributed by atoms with Crippen LogP contribution in [0.1, 0.15) is 32.8 Å². The highest BCUT2D eigenvalue weighted by atomic mass is 127. The van der Waals surface area contributed by atoms with E-state index in [2.05, 4.69) is 76.5 Å². The molecule has 0 saturated carbocycles. The van der Waals surface area contributed by atoms with Gasteiger partial charge in [0.05, 0.1) is 12.1 Å². The van der Waals surface area contributed by atoms with Crippen molar-refractivity contribution in [3.05, 3.63) is 35.9 Å². The molecule has 7 heteroatoms. The zero-order chi connectivity index (χ0) is 20.2. The number of nitrogens with one attached hydrogen (secondary N) is 2. The van der Waals surface area contributed by atoms with Crippen LogP contribution in [0.2, 0.25) is 0 Å². The Morgan fingerprint density at radius 3 is 2.34 bits per heavy atom. The number of hydrogen-bond acceptors (Lipinski definition) is 4. The molecule has 29 heavy (non-hydrogen) atoms. The Labute approximate surface area is 194 Å². The lowest BCUT2D eigenvalue weighted by molar-refractivity contribution is 0.0310. The van der Waals surface area contributed by atoms with Crippen LogP contribution >= 0.6 is 24.0 Å². The van der Waals surface area contributed by atoms with Crippen molar-refractivity contribution in [2.75, 3.05) is 59.5 Å². The van der Waals surface area contributed by atoms with Crippen LogP contribution < -0.4 is 10.6 Å².